The van der Waals surface area contributed by atoms with Crippen molar-refractivity contribution in [3.05, 3.63) is 48.8 Å². The summed E-state index contributed by atoms with van der Waals surface area (Å²) in [5, 5.41) is 10.8. The Bertz CT molecular complexity index is 663. The number of carboxylic acids is 1. The van der Waals surface area contributed by atoms with Crippen LogP contribution in [-0.2, 0) is 4.79 Å². The number of aliphatic carboxylic acids is 1. The van der Waals surface area contributed by atoms with Crippen LogP contribution in [0.4, 0.5) is 10.5 Å². The van der Waals surface area contributed by atoms with E-state index in [0.29, 0.717) is 17.2 Å². The molecule has 0 saturated carbocycles. The van der Waals surface area contributed by atoms with Gasteiger partial charge in [-0.25, -0.2) is 4.79 Å². The molecular formula is C15H17N5O4. The number of ether oxygens (including phenoxy) is 1. The van der Waals surface area contributed by atoms with Gasteiger partial charge < -0.3 is 20.6 Å². The third-order valence-corrected chi connectivity index (χ3v) is 2.73. The van der Waals surface area contributed by atoms with Gasteiger partial charge in [-0.1, -0.05) is 0 Å². The molecular weight excluding hydrogens is 314 g/mol. The van der Waals surface area contributed by atoms with Gasteiger partial charge in [0.25, 0.3) is 0 Å². The van der Waals surface area contributed by atoms with Crippen LogP contribution in [0.25, 0.3) is 0 Å². The van der Waals surface area contributed by atoms with Crippen LogP contribution in [0, 0.1) is 0 Å². The van der Waals surface area contributed by atoms with Gasteiger partial charge in [0.15, 0.2) is 0 Å². The average molecular weight is 331 g/mol. The smallest absolute Gasteiger partial charge is 0.330 e. The molecule has 0 radical (unpaired) electrons. The summed E-state index contributed by atoms with van der Waals surface area (Å²) in [6, 6.07) is 10.1. The van der Waals surface area contributed by atoms with Gasteiger partial charge in [-0.15, -0.1) is 5.53 Å². The topological polar surface area (TPSA) is 125 Å². The SMILES string of the molecule is O=C(O)CCNC(=O)NNNc1ccc(Oc2cccnc2)cc1. The standard InChI is InChI=1S/C15H17N5O4/c21-14(22)7-9-17-15(23)19-20-18-11-3-5-12(6-4-11)24-13-2-1-8-16-10-13/h1-6,8,10,18,20H,7,9H2,(H,21,22)(H2,17,19,23). The highest BCUT2D eigenvalue weighted by atomic mass is 16.5. The summed E-state index contributed by atoms with van der Waals surface area (Å²) in [5.74, 6) is 0.305. The Morgan fingerprint density at radius 1 is 1.12 bits per heavy atom. The first-order chi connectivity index (χ1) is 11.6. The van der Waals surface area contributed by atoms with E-state index in [2.05, 4.69) is 26.7 Å². The first-order valence-corrected chi connectivity index (χ1v) is 7.08. The van der Waals surface area contributed by atoms with Crippen molar-refractivity contribution in [3.63, 3.8) is 0 Å². The lowest BCUT2D eigenvalue weighted by Crippen LogP contribution is -2.47. The number of anilines is 1. The number of hydrogen-bond donors (Lipinski definition) is 5. The lowest BCUT2D eigenvalue weighted by Gasteiger charge is -2.11. The summed E-state index contributed by atoms with van der Waals surface area (Å²) in [6.45, 7) is 0.0449. The number of rotatable bonds is 8. The molecule has 1 aromatic carbocycles. The zero-order chi connectivity index (χ0) is 17.2. The van der Waals surface area contributed by atoms with Crippen molar-refractivity contribution in [2.45, 2.75) is 6.42 Å². The molecule has 2 aromatic rings. The minimum atomic E-state index is -0.977. The zero-order valence-corrected chi connectivity index (χ0v) is 12.7. The minimum Gasteiger partial charge on any atom is -0.481 e. The maximum atomic E-state index is 11.3. The van der Waals surface area contributed by atoms with Crippen molar-refractivity contribution in [2.75, 3.05) is 12.0 Å². The first kappa shape index (κ1) is 17.0. The molecule has 0 bridgehead atoms. The highest BCUT2D eigenvalue weighted by molar-refractivity contribution is 5.74. The van der Waals surface area contributed by atoms with Gasteiger partial charge in [-0.3, -0.25) is 15.2 Å². The Morgan fingerprint density at radius 2 is 1.92 bits per heavy atom. The van der Waals surface area contributed by atoms with Crippen molar-refractivity contribution in [1.82, 2.24) is 21.3 Å². The zero-order valence-electron chi connectivity index (χ0n) is 12.7. The average Bonchev–Trinajstić information content (AvgIpc) is 2.57. The van der Waals surface area contributed by atoms with Crippen molar-refractivity contribution in [3.8, 4) is 11.5 Å². The maximum Gasteiger partial charge on any atom is 0.330 e. The Labute approximate surface area is 138 Å². The molecule has 9 heteroatoms. The molecule has 1 heterocycles. The number of urea groups is 1. The second-order valence-electron chi connectivity index (χ2n) is 4.59. The third kappa shape index (κ3) is 6.20. The Morgan fingerprint density at radius 3 is 2.58 bits per heavy atom. The van der Waals surface area contributed by atoms with Gasteiger partial charge in [-0.05, 0) is 36.4 Å². The summed E-state index contributed by atoms with van der Waals surface area (Å²) in [6.07, 6.45) is 3.14. The molecule has 0 saturated heterocycles. The molecule has 2 amide bonds. The van der Waals surface area contributed by atoms with E-state index in [4.69, 9.17) is 9.84 Å². The first-order valence-electron chi connectivity index (χ1n) is 7.08. The molecule has 9 nitrogen and oxygen atoms in total. The van der Waals surface area contributed by atoms with E-state index >= 15 is 0 Å². The number of carbonyl (C=O) groups excluding carboxylic acids is 1. The molecule has 24 heavy (non-hydrogen) atoms. The van der Waals surface area contributed by atoms with Crippen LogP contribution in [0.3, 0.4) is 0 Å². The summed E-state index contributed by atoms with van der Waals surface area (Å²) in [5.41, 5.74) is 8.27. The number of nitrogens with one attached hydrogen (secondary N) is 4. The van der Waals surface area contributed by atoms with Gasteiger partial charge in [0.1, 0.15) is 11.5 Å². The van der Waals surface area contributed by atoms with Gasteiger partial charge in [0.2, 0.25) is 0 Å². The lowest BCUT2D eigenvalue weighted by molar-refractivity contribution is -0.136. The highest BCUT2D eigenvalue weighted by Gasteiger charge is 2.01. The van der Waals surface area contributed by atoms with Gasteiger partial charge in [-0.2, -0.15) is 0 Å². The van der Waals surface area contributed by atoms with Crippen molar-refractivity contribution < 1.29 is 19.4 Å². The number of nitrogens with zero attached hydrogens (tertiary/aromatic N) is 1. The number of aromatic nitrogens is 1. The normalized spacial score (nSPS) is 9.83. The molecule has 1 aromatic heterocycles. The summed E-state index contributed by atoms with van der Waals surface area (Å²) in [4.78, 5) is 25.6. The van der Waals surface area contributed by atoms with Crippen LogP contribution >= 0.6 is 0 Å². The van der Waals surface area contributed by atoms with E-state index in [1.807, 2.05) is 0 Å². The van der Waals surface area contributed by atoms with Crippen LogP contribution in [-0.4, -0.2) is 28.6 Å². The fourth-order valence-corrected chi connectivity index (χ4v) is 1.64. The molecule has 0 aliphatic heterocycles. The van der Waals surface area contributed by atoms with Crippen LogP contribution in [0.15, 0.2) is 48.8 Å². The summed E-state index contributed by atoms with van der Waals surface area (Å²) < 4.78 is 5.60. The Hall–Kier alpha value is -3.33. The lowest BCUT2D eigenvalue weighted by atomic mass is 10.3. The molecule has 0 aliphatic rings. The molecule has 0 fully saturated rings. The number of hydrogen-bond acceptors (Lipinski definition) is 6. The minimum absolute atomic E-state index is 0.0449. The van der Waals surface area contributed by atoms with Crippen molar-refractivity contribution in [1.29, 1.82) is 0 Å². The fraction of sp³-hybridized carbons (Fsp3) is 0.133. The third-order valence-electron chi connectivity index (χ3n) is 2.73. The van der Waals surface area contributed by atoms with Crippen LogP contribution in [0.5, 0.6) is 11.5 Å². The number of pyridine rings is 1. The monoisotopic (exact) mass is 331 g/mol. The number of benzene rings is 1. The number of amides is 2. The van der Waals surface area contributed by atoms with Gasteiger partial charge >= 0.3 is 12.0 Å². The van der Waals surface area contributed by atoms with Gasteiger partial charge in [0, 0.05) is 12.7 Å². The predicted octanol–water partition coefficient (Wildman–Crippen LogP) is 1.48. The molecule has 0 spiro atoms. The second kappa shape index (κ2) is 8.96. The van der Waals surface area contributed by atoms with Crippen molar-refractivity contribution >= 4 is 17.7 Å². The van der Waals surface area contributed by atoms with Crippen LogP contribution in [0.1, 0.15) is 6.42 Å². The van der Waals surface area contributed by atoms with Crippen LogP contribution < -0.4 is 26.4 Å². The van der Waals surface area contributed by atoms with Crippen LogP contribution in [0.2, 0.25) is 0 Å². The molecule has 5 N–H and O–H groups in total. The maximum absolute atomic E-state index is 11.3. The van der Waals surface area contributed by atoms with E-state index in [1.165, 1.54) is 0 Å². The Balaban J connectivity index is 1.70. The van der Waals surface area contributed by atoms with E-state index in [9.17, 15) is 9.59 Å². The van der Waals surface area contributed by atoms with Gasteiger partial charge in [0.05, 0.1) is 18.3 Å². The molecule has 0 atom stereocenters. The van der Waals surface area contributed by atoms with Crippen molar-refractivity contribution in [2.24, 2.45) is 0 Å². The fourth-order valence-electron chi connectivity index (χ4n) is 1.64. The number of carbonyl (C=O) groups is 2. The molecule has 0 unspecified atom stereocenters. The largest absolute Gasteiger partial charge is 0.481 e. The van der Waals surface area contributed by atoms with E-state index in [1.54, 1.807) is 48.8 Å². The molecule has 2 rings (SSSR count). The molecule has 0 aliphatic carbocycles. The highest BCUT2D eigenvalue weighted by Crippen LogP contribution is 2.21. The van der Waals surface area contributed by atoms with E-state index in [0.717, 1.165) is 0 Å². The number of hydrazine groups is 2. The summed E-state index contributed by atoms with van der Waals surface area (Å²) >= 11 is 0. The second-order valence-corrected chi connectivity index (χ2v) is 4.59. The summed E-state index contributed by atoms with van der Waals surface area (Å²) in [7, 11) is 0. The number of carboxylic acid groups (broad SMARTS) is 1. The van der Waals surface area contributed by atoms with E-state index in [-0.39, 0.29) is 13.0 Å². The quantitative estimate of drug-likeness (QED) is 0.464. The van der Waals surface area contributed by atoms with E-state index < -0.39 is 12.0 Å². The predicted molar refractivity (Wildman–Crippen MR) is 86.3 cm³/mol. The molecule has 126 valence electrons. The Kier molecular flexibility index (Phi) is 6.35.